The fourth-order valence-corrected chi connectivity index (χ4v) is 1.58. The van der Waals surface area contributed by atoms with E-state index in [0.717, 1.165) is 23.6 Å². The first-order valence-electron chi connectivity index (χ1n) is 5.38. The molecule has 0 aliphatic heterocycles. The predicted molar refractivity (Wildman–Crippen MR) is 64.2 cm³/mol. The minimum atomic E-state index is 0.697. The molecule has 3 heteroatoms. The van der Waals surface area contributed by atoms with E-state index in [0.29, 0.717) is 5.89 Å². The lowest BCUT2D eigenvalue weighted by Crippen LogP contribution is -2.06. The van der Waals surface area contributed by atoms with Gasteiger partial charge in [0.05, 0.1) is 5.69 Å². The van der Waals surface area contributed by atoms with Crippen molar-refractivity contribution in [3.63, 3.8) is 0 Å². The molecule has 1 aromatic heterocycles. The summed E-state index contributed by atoms with van der Waals surface area (Å²) in [4.78, 5) is 4.47. The summed E-state index contributed by atoms with van der Waals surface area (Å²) in [5, 5.41) is 3.08. The number of nitrogens with zero attached hydrogens (tertiary/aromatic N) is 1. The van der Waals surface area contributed by atoms with Crippen LogP contribution in [0, 0.1) is 13.8 Å². The molecule has 0 radical (unpaired) electrons. The molecule has 0 unspecified atom stereocenters. The van der Waals surface area contributed by atoms with Gasteiger partial charge in [-0.2, -0.15) is 0 Å². The monoisotopic (exact) mass is 216 g/mol. The Balaban J connectivity index is 2.33. The van der Waals surface area contributed by atoms with Crippen LogP contribution in [0.25, 0.3) is 11.5 Å². The van der Waals surface area contributed by atoms with Crippen molar-refractivity contribution in [2.24, 2.45) is 0 Å². The molecule has 1 aromatic carbocycles. The lowest BCUT2D eigenvalue weighted by molar-refractivity contribution is 0.538. The van der Waals surface area contributed by atoms with Crippen LogP contribution in [-0.2, 0) is 6.54 Å². The summed E-state index contributed by atoms with van der Waals surface area (Å²) in [6, 6.07) is 8.19. The number of hydrogen-bond acceptors (Lipinski definition) is 3. The summed E-state index contributed by atoms with van der Waals surface area (Å²) in [5.74, 6) is 1.58. The fraction of sp³-hybridized carbons (Fsp3) is 0.308. The highest BCUT2D eigenvalue weighted by molar-refractivity contribution is 5.54. The van der Waals surface area contributed by atoms with Crippen molar-refractivity contribution in [1.82, 2.24) is 10.3 Å². The van der Waals surface area contributed by atoms with E-state index < -0.39 is 0 Å². The number of rotatable bonds is 3. The highest BCUT2D eigenvalue weighted by atomic mass is 16.4. The third-order valence-corrected chi connectivity index (χ3v) is 2.54. The Hall–Kier alpha value is -1.61. The molecule has 1 N–H and O–H groups in total. The summed E-state index contributed by atoms with van der Waals surface area (Å²) in [6.45, 7) is 4.75. The van der Waals surface area contributed by atoms with E-state index in [1.54, 1.807) is 0 Å². The van der Waals surface area contributed by atoms with Gasteiger partial charge in [-0.25, -0.2) is 4.98 Å². The molecule has 16 heavy (non-hydrogen) atoms. The van der Waals surface area contributed by atoms with Crippen molar-refractivity contribution in [1.29, 1.82) is 0 Å². The van der Waals surface area contributed by atoms with E-state index in [1.165, 1.54) is 5.56 Å². The van der Waals surface area contributed by atoms with Gasteiger partial charge in [0, 0.05) is 12.1 Å². The lowest BCUT2D eigenvalue weighted by Gasteiger charge is -1.95. The van der Waals surface area contributed by atoms with Crippen molar-refractivity contribution < 1.29 is 4.42 Å². The van der Waals surface area contributed by atoms with Crippen molar-refractivity contribution in [2.75, 3.05) is 7.05 Å². The van der Waals surface area contributed by atoms with Gasteiger partial charge >= 0.3 is 0 Å². The van der Waals surface area contributed by atoms with Crippen LogP contribution in [0.3, 0.4) is 0 Å². The molecule has 2 aromatic rings. The minimum Gasteiger partial charge on any atom is -0.441 e. The smallest absolute Gasteiger partial charge is 0.226 e. The number of benzene rings is 1. The van der Waals surface area contributed by atoms with E-state index in [-0.39, 0.29) is 0 Å². The number of hydrogen-bond donors (Lipinski definition) is 1. The number of oxazole rings is 1. The van der Waals surface area contributed by atoms with E-state index >= 15 is 0 Å². The first-order valence-corrected chi connectivity index (χ1v) is 5.38. The third kappa shape index (κ3) is 2.14. The molecule has 0 saturated heterocycles. The van der Waals surface area contributed by atoms with Crippen molar-refractivity contribution in [3.05, 3.63) is 41.3 Å². The topological polar surface area (TPSA) is 38.1 Å². The van der Waals surface area contributed by atoms with E-state index in [9.17, 15) is 0 Å². The second-order valence-corrected chi connectivity index (χ2v) is 3.92. The van der Waals surface area contributed by atoms with E-state index in [4.69, 9.17) is 4.42 Å². The molecule has 3 nitrogen and oxygen atoms in total. The van der Waals surface area contributed by atoms with Gasteiger partial charge in [-0.05, 0) is 33.0 Å². The van der Waals surface area contributed by atoms with Gasteiger partial charge in [0.15, 0.2) is 0 Å². The molecule has 0 aliphatic carbocycles. The fourth-order valence-electron chi connectivity index (χ4n) is 1.58. The van der Waals surface area contributed by atoms with Gasteiger partial charge in [-0.15, -0.1) is 0 Å². The quantitative estimate of drug-likeness (QED) is 0.857. The first kappa shape index (κ1) is 10.9. The van der Waals surface area contributed by atoms with Crippen molar-refractivity contribution in [2.45, 2.75) is 20.4 Å². The summed E-state index contributed by atoms with van der Waals surface area (Å²) < 4.78 is 5.64. The Labute approximate surface area is 95.5 Å². The van der Waals surface area contributed by atoms with Crippen LogP contribution in [0.2, 0.25) is 0 Å². The Bertz CT molecular complexity index is 471. The molecule has 0 atom stereocenters. The molecule has 0 amide bonds. The Kier molecular flexibility index (Phi) is 3.06. The van der Waals surface area contributed by atoms with Crippen LogP contribution >= 0.6 is 0 Å². The first-order chi connectivity index (χ1) is 7.70. The zero-order chi connectivity index (χ0) is 11.5. The molecular weight excluding hydrogens is 200 g/mol. The van der Waals surface area contributed by atoms with Gasteiger partial charge in [0.2, 0.25) is 5.89 Å². The minimum absolute atomic E-state index is 0.697. The normalized spacial score (nSPS) is 10.7. The second-order valence-electron chi connectivity index (χ2n) is 3.92. The molecule has 84 valence electrons. The zero-order valence-corrected chi connectivity index (χ0v) is 9.87. The molecule has 1 heterocycles. The van der Waals surface area contributed by atoms with Crippen LogP contribution in [0.5, 0.6) is 0 Å². The predicted octanol–water partition coefficient (Wildman–Crippen LogP) is 2.68. The summed E-state index contributed by atoms with van der Waals surface area (Å²) >= 11 is 0. The molecule has 0 bridgehead atoms. The highest BCUT2D eigenvalue weighted by Crippen LogP contribution is 2.21. The SMILES string of the molecule is CNCc1nc(-c2ccc(C)cc2)oc1C. The van der Waals surface area contributed by atoms with Crippen LogP contribution in [0.1, 0.15) is 17.0 Å². The average molecular weight is 216 g/mol. The molecule has 0 aliphatic rings. The highest BCUT2D eigenvalue weighted by Gasteiger charge is 2.09. The van der Waals surface area contributed by atoms with Gasteiger partial charge in [0.25, 0.3) is 0 Å². The van der Waals surface area contributed by atoms with Crippen molar-refractivity contribution in [3.8, 4) is 11.5 Å². The average Bonchev–Trinajstić information content (AvgIpc) is 2.62. The number of aromatic nitrogens is 1. The van der Waals surface area contributed by atoms with Gasteiger partial charge in [0.1, 0.15) is 5.76 Å². The van der Waals surface area contributed by atoms with E-state index in [2.05, 4.69) is 29.4 Å². The van der Waals surface area contributed by atoms with Crippen LogP contribution in [0.4, 0.5) is 0 Å². The maximum absolute atomic E-state index is 5.64. The summed E-state index contributed by atoms with van der Waals surface area (Å²) in [6.07, 6.45) is 0. The maximum atomic E-state index is 5.64. The van der Waals surface area contributed by atoms with Crippen LogP contribution in [0.15, 0.2) is 28.7 Å². The summed E-state index contributed by atoms with van der Waals surface area (Å²) in [7, 11) is 1.90. The lowest BCUT2D eigenvalue weighted by atomic mass is 10.1. The number of nitrogens with one attached hydrogen (secondary N) is 1. The molecule has 0 spiro atoms. The van der Waals surface area contributed by atoms with Gasteiger partial charge in [-0.3, -0.25) is 0 Å². The Morgan fingerprint density at radius 3 is 2.50 bits per heavy atom. The second kappa shape index (κ2) is 4.49. The molecule has 2 rings (SSSR count). The Morgan fingerprint density at radius 1 is 1.19 bits per heavy atom. The molecule has 0 fully saturated rings. The van der Waals surface area contributed by atoms with Crippen LogP contribution in [-0.4, -0.2) is 12.0 Å². The molecule has 0 saturated carbocycles. The zero-order valence-electron chi connectivity index (χ0n) is 9.87. The number of aryl methyl sites for hydroxylation is 2. The Morgan fingerprint density at radius 2 is 1.88 bits per heavy atom. The van der Waals surface area contributed by atoms with Gasteiger partial charge < -0.3 is 9.73 Å². The maximum Gasteiger partial charge on any atom is 0.226 e. The van der Waals surface area contributed by atoms with Crippen LogP contribution < -0.4 is 5.32 Å². The van der Waals surface area contributed by atoms with Crippen molar-refractivity contribution >= 4 is 0 Å². The summed E-state index contributed by atoms with van der Waals surface area (Å²) in [5.41, 5.74) is 3.23. The molecular formula is C13H16N2O. The van der Waals surface area contributed by atoms with Gasteiger partial charge in [-0.1, -0.05) is 17.7 Å². The van der Waals surface area contributed by atoms with E-state index in [1.807, 2.05) is 26.1 Å². The third-order valence-electron chi connectivity index (χ3n) is 2.54. The largest absolute Gasteiger partial charge is 0.441 e. The standard InChI is InChI=1S/C13H16N2O/c1-9-4-6-11(7-5-9)13-15-12(8-14-3)10(2)16-13/h4-7,14H,8H2,1-3H3.